The normalized spacial score (nSPS) is 18.0. The van der Waals surface area contributed by atoms with Gasteiger partial charge in [-0.05, 0) is 54.7 Å². The second-order valence-electron chi connectivity index (χ2n) is 6.45. The lowest BCUT2D eigenvalue weighted by Crippen LogP contribution is -2.46. The van der Waals surface area contributed by atoms with Crippen LogP contribution in [0.5, 0.6) is 5.75 Å². The van der Waals surface area contributed by atoms with Crippen molar-refractivity contribution in [2.45, 2.75) is 37.8 Å². The summed E-state index contributed by atoms with van der Waals surface area (Å²) in [6.07, 6.45) is 0.514. The Balaban J connectivity index is 2.08. The molecule has 3 rings (SSSR count). The number of hydrogen-bond acceptors (Lipinski definition) is 4. The maximum atomic E-state index is 13.4. The van der Waals surface area contributed by atoms with E-state index >= 15 is 0 Å². The van der Waals surface area contributed by atoms with E-state index in [4.69, 9.17) is 4.74 Å². The van der Waals surface area contributed by atoms with Gasteiger partial charge in [0.15, 0.2) is 0 Å². The number of aliphatic hydroxyl groups is 1. The summed E-state index contributed by atoms with van der Waals surface area (Å²) in [6.45, 7) is 3.61. The van der Waals surface area contributed by atoms with E-state index in [2.05, 4.69) is 0 Å². The third-order valence-corrected chi connectivity index (χ3v) is 6.96. The summed E-state index contributed by atoms with van der Waals surface area (Å²) < 4.78 is 33.4. The molecule has 0 aliphatic carbocycles. The van der Waals surface area contributed by atoms with E-state index in [-0.39, 0.29) is 13.2 Å². The molecule has 6 heteroatoms. The van der Waals surface area contributed by atoms with Crippen molar-refractivity contribution in [2.75, 3.05) is 13.7 Å². The van der Waals surface area contributed by atoms with E-state index < -0.39 is 16.1 Å². The molecule has 25 heavy (non-hydrogen) atoms. The number of sulfonamides is 1. The maximum absolute atomic E-state index is 13.4. The second-order valence-corrected chi connectivity index (χ2v) is 8.28. The van der Waals surface area contributed by atoms with Crippen LogP contribution in [0.2, 0.25) is 0 Å². The van der Waals surface area contributed by atoms with Crippen molar-refractivity contribution in [2.24, 2.45) is 0 Å². The molecule has 1 aliphatic heterocycles. The van der Waals surface area contributed by atoms with Gasteiger partial charge in [-0.15, -0.1) is 0 Å². The van der Waals surface area contributed by atoms with Crippen LogP contribution in [0.3, 0.4) is 0 Å². The average Bonchev–Trinajstić information content (AvgIpc) is 2.59. The van der Waals surface area contributed by atoms with Crippen LogP contribution >= 0.6 is 0 Å². The number of benzene rings is 2. The first kappa shape index (κ1) is 17.9. The zero-order chi connectivity index (χ0) is 18.2. The topological polar surface area (TPSA) is 66.8 Å². The molecule has 0 amide bonds. The standard InChI is InChI=1S/C19H23NO4S/c1-13-8-18(24-3)9-14(2)19(13)25(22,23)20-11-16-7-5-4-6-15(16)10-17(20)12-21/h4-9,17,21H,10-12H2,1-3H3/t17-/m0/s1. The highest BCUT2D eigenvalue weighted by atomic mass is 32.2. The molecule has 0 bridgehead atoms. The summed E-state index contributed by atoms with van der Waals surface area (Å²) in [4.78, 5) is 0.297. The smallest absolute Gasteiger partial charge is 0.244 e. The van der Waals surface area contributed by atoms with Gasteiger partial charge in [-0.3, -0.25) is 0 Å². The molecule has 2 aromatic rings. The van der Waals surface area contributed by atoms with E-state index in [1.807, 2.05) is 24.3 Å². The number of fused-ring (bicyclic) bond motifs is 1. The first-order chi connectivity index (χ1) is 11.9. The molecule has 0 radical (unpaired) electrons. The minimum Gasteiger partial charge on any atom is -0.497 e. The number of aliphatic hydroxyl groups excluding tert-OH is 1. The van der Waals surface area contributed by atoms with Gasteiger partial charge >= 0.3 is 0 Å². The van der Waals surface area contributed by atoms with Gasteiger partial charge in [0.25, 0.3) is 0 Å². The minimum absolute atomic E-state index is 0.207. The summed E-state index contributed by atoms with van der Waals surface area (Å²) in [5.74, 6) is 0.636. The van der Waals surface area contributed by atoms with E-state index in [0.29, 0.717) is 28.2 Å². The second kappa shape index (κ2) is 6.78. The lowest BCUT2D eigenvalue weighted by Gasteiger charge is -2.35. The van der Waals surface area contributed by atoms with Crippen LogP contribution < -0.4 is 4.74 Å². The van der Waals surface area contributed by atoms with Gasteiger partial charge in [0.05, 0.1) is 24.7 Å². The van der Waals surface area contributed by atoms with Crippen LogP contribution in [-0.2, 0) is 23.0 Å². The van der Waals surface area contributed by atoms with Crippen LogP contribution in [0.4, 0.5) is 0 Å². The molecule has 0 saturated heterocycles. The fourth-order valence-electron chi connectivity index (χ4n) is 3.55. The fraction of sp³-hybridized carbons (Fsp3) is 0.368. The molecule has 0 aromatic heterocycles. The van der Waals surface area contributed by atoms with E-state index in [1.165, 1.54) is 4.31 Å². The molecule has 1 heterocycles. The third kappa shape index (κ3) is 3.17. The molecule has 0 saturated carbocycles. The summed E-state index contributed by atoms with van der Waals surface area (Å²) in [5.41, 5.74) is 3.37. The van der Waals surface area contributed by atoms with Gasteiger partial charge in [0.1, 0.15) is 5.75 Å². The predicted molar refractivity (Wildman–Crippen MR) is 96.2 cm³/mol. The highest BCUT2D eigenvalue weighted by Crippen LogP contribution is 2.33. The highest BCUT2D eigenvalue weighted by molar-refractivity contribution is 7.89. The Morgan fingerprint density at radius 1 is 1.16 bits per heavy atom. The fourth-order valence-corrected chi connectivity index (χ4v) is 5.56. The zero-order valence-corrected chi connectivity index (χ0v) is 15.5. The Hall–Kier alpha value is -1.89. The largest absolute Gasteiger partial charge is 0.497 e. The van der Waals surface area contributed by atoms with Gasteiger partial charge in [-0.25, -0.2) is 8.42 Å². The Morgan fingerprint density at radius 3 is 2.32 bits per heavy atom. The van der Waals surface area contributed by atoms with Crippen molar-refractivity contribution >= 4 is 10.0 Å². The van der Waals surface area contributed by atoms with E-state index in [1.54, 1.807) is 33.1 Å². The Bertz CT molecular complexity index is 869. The van der Waals surface area contributed by atoms with Gasteiger partial charge in [0, 0.05) is 6.54 Å². The Labute approximate surface area is 148 Å². The van der Waals surface area contributed by atoms with E-state index in [0.717, 1.165) is 11.1 Å². The molecule has 1 N–H and O–H groups in total. The van der Waals surface area contributed by atoms with Crippen molar-refractivity contribution in [3.63, 3.8) is 0 Å². The van der Waals surface area contributed by atoms with E-state index in [9.17, 15) is 13.5 Å². The SMILES string of the molecule is COc1cc(C)c(S(=O)(=O)N2Cc3ccccc3C[C@H]2CO)c(C)c1. The molecular formula is C19H23NO4S. The molecular weight excluding hydrogens is 338 g/mol. The number of hydrogen-bond donors (Lipinski definition) is 1. The molecule has 0 fully saturated rings. The average molecular weight is 361 g/mol. The quantitative estimate of drug-likeness (QED) is 0.908. The van der Waals surface area contributed by atoms with Gasteiger partial charge in [-0.2, -0.15) is 4.31 Å². The van der Waals surface area contributed by atoms with Crippen molar-refractivity contribution in [3.8, 4) is 5.75 Å². The van der Waals surface area contributed by atoms with Crippen LogP contribution in [0.15, 0.2) is 41.3 Å². The molecule has 2 aromatic carbocycles. The predicted octanol–water partition coefficient (Wildman–Crippen LogP) is 2.42. The number of rotatable bonds is 4. The number of ether oxygens (including phenoxy) is 1. The van der Waals surface area contributed by atoms with Gasteiger partial charge in [-0.1, -0.05) is 24.3 Å². The summed E-state index contributed by atoms with van der Waals surface area (Å²) >= 11 is 0. The monoisotopic (exact) mass is 361 g/mol. The summed E-state index contributed by atoms with van der Waals surface area (Å²) in [6, 6.07) is 10.8. The lowest BCUT2D eigenvalue weighted by atomic mass is 9.96. The Kier molecular flexibility index (Phi) is 4.86. The highest BCUT2D eigenvalue weighted by Gasteiger charge is 2.36. The van der Waals surface area contributed by atoms with Crippen molar-refractivity contribution in [3.05, 3.63) is 58.7 Å². The van der Waals surface area contributed by atoms with Crippen molar-refractivity contribution in [1.82, 2.24) is 4.31 Å². The first-order valence-electron chi connectivity index (χ1n) is 8.23. The summed E-state index contributed by atoms with van der Waals surface area (Å²) in [5, 5.41) is 9.79. The van der Waals surface area contributed by atoms with Crippen LogP contribution in [0, 0.1) is 13.8 Å². The number of methoxy groups -OCH3 is 1. The third-order valence-electron chi connectivity index (χ3n) is 4.75. The van der Waals surface area contributed by atoms with Gasteiger partial charge in [0.2, 0.25) is 10.0 Å². The van der Waals surface area contributed by atoms with Crippen molar-refractivity contribution in [1.29, 1.82) is 0 Å². The summed E-state index contributed by atoms with van der Waals surface area (Å²) in [7, 11) is -2.17. The molecule has 134 valence electrons. The van der Waals surface area contributed by atoms with Crippen LogP contribution in [0.25, 0.3) is 0 Å². The molecule has 0 spiro atoms. The molecule has 0 unspecified atom stereocenters. The maximum Gasteiger partial charge on any atom is 0.244 e. The van der Waals surface area contributed by atoms with Crippen molar-refractivity contribution < 1.29 is 18.3 Å². The molecule has 1 aliphatic rings. The lowest BCUT2D eigenvalue weighted by molar-refractivity contribution is 0.173. The zero-order valence-electron chi connectivity index (χ0n) is 14.7. The Morgan fingerprint density at radius 2 is 1.76 bits per heavy atom. The molecule has 5 nitrogen and oxygen atoms in total. The molecule has 1 atom stereocenters. The van der Waals surface area contributed by atoms with Crippen LogP contribution in [0.1, 0.15) is 22.3 Å². The van der Waals surface area contributed by atoms with Crippen LogP contribution in [-0.4, -0.2) is 37.6 Å². The first-order valence-corrected chi connectivity index (χ1v) is 9.67. The van der Waals surface area contributed by atoms with Gasteiger partial charge < -0.3 is 9.84 Å². The minimum atomic E-state index is -3.73. The number of nitrogens with zero attached hydrogens (tertiary/aromatic N) is 1. The number of aryl methyl sites for hydroxylation is 2.